The predicted octanol–water partition coefficient (Wildman–Crippen LogP) is 2.87. The third-order valence-corrected chi connectivity index (χ3v) is 5.21. The Hall–Kier alpha value is -1.43. The van der Waals surface area contributed by atoms with E-state index in [0.29, 0.717) is 23.1 Å². The highest BCUT2D eigenvalue weighted by molar-refractivity contribution is 7.99. The fourth-order valence-electron chi connectivity index (χ4n) is 3.06. The Morgan fingerprint density at radius 2 is 2.10 bits per heavy atom. The molecule has 1 aliphatic rings. The first-order valence-corrected chi connectivity index (χ1v) is 8.24. The molecule has 2 aromatic rings. The molecule has 0 spiro atoms. The average molecular weight is 292 g/mol. The zero-order valence-electron chi connectivity index (χ0n) is 11.9. The zero-order chi connectivity index (χ0) is 14.1. The van der Waals surface area contributed by atoms with Gasteiger partial charge in [0, 0.05) is 11.3 Å². The van der Waals surface area contributed by atoms with Gasteiger partial charge in [-0.25, -0.2) is 4.98 Å². The minimum absolute atomic E-state index is 0.378. The van der Waals surface area contributed by atoms with Crippen molar-refractivity contribution in [3.63, 3.8) is 0 Å². The topological polar surface area (TPSA) is 66.0 Å². The van der Waals surface area contributed by atoms with Crippen LogP contribution in [0.25, 0.3) is 11.2 Å². The van der Waals surface area contributed by atoms with E-state index < -0.39 is 0 Å². The maximum absolute atomic E-state index is 6.15. The van der Waals surface area contributed by atoms with Crippen molar-refractivity contribution < 1.29 is 4.74 Å². The maximum atomic E-state index is 6.15. The number of imidazole rings is 1. The molecular weight excluding hydrogens is 272 g/mol. The Bertz CT molecular complexity index is 612. The summed E-state index contributed by atoms with van der Waals surface area (Å²) in [7, 11) is 1.63. The number of nitrogens with two attached hydrogens (primary N) is 1. The van der Waals surface area contributed by atoms with Crippen molar-refractivity contribution in [2.45, 2.75) is 37.0 Å². The molecule has 5 nitrogen and oxygen atoms in total. The van der Waals surface area contributed by atoms with Crippen molar-refractivity contribution in [1.82, 2.24) is 14.5 Å². The highest BCUT2D eigenvalue weighted by Gasteiger charge is 2.29. The van der Waals surface area contributed by atoms with Gasteiger partial charge in [0.25, 0.3) is 0 Å². The van der Waals surface area contributed by atoms with Gasteiger partial charge in [-0.2, -0.15) is 16.7 Å². The minimum atomic E-state index is 0.378. The fourth-order valence-corrected chi connectivity index (χ4v) is 4.04. The molecule has 1 aliphatic carbocycles. The lowest BCUT2D eigenvalue weighted by Gasteiger charge is -2.31. The fraction of sp³-hybridized carbons (Fsp3) is 0.571. The van der Waals surface area contributed by atoms with E-state index >= 15 is 0 Å². The molecule has 0 aromatic carbocycles. The lowest BCUT2D eigenvalue weighted by atomic mass is 9.94. The highest BCUT2D eigenvalue weighted by Crippen LogP contribution is 2.38. The molecule has 20 heavy (non-hydrogen) atoms. The van der Waals surface area contributed by atoms with Gasteiger partial charge in [0.1, 0.15) is 5.52 Å². The van der Waals surface area contributed by atoms with Crippen LogP contribution in [-0.2, 0) is 0 Å². The van der Waals surface area contributed by atoms with Crippen molar-refractivity contribution >= 4 is 28.9 Å². The monoisotopic (exact) mass is 292 g/mol. The number of aromatic nitrogens is 3. The van der Waals surface area contributed by atoms with Crippen LogP contribution < -0.4 is 10.5 Å². The van der Waals surface area contributed by atoms with Crippen LogP contribution in [0.1, 0.15) is 31.7 Å². The van der Waals surface area contributed by atoms with Gasteiger partial charge in [-0.15, -0.1) is 0 Å². The molecule has 0 bridgehead atoms. The molecule has 0 saturated heterocycles. The lowest BCUT2D eigenvalue weighted by molar-refractivity contribution is 0.370. The molecule has 2 N–H and O–H groups in total. The van der Waals surface area contributed by atoms with E-state index in [1.807, 2.05) is 23.9 Å². The lowest BCUT2D eigenvalue weighted by Crippen LogP contribution is -2.26. The number of hydrogen-bond donors (Lipinski definition) is 1. The van der Waals surface area contributed by atoms with E-state index in [9.17, 15) is 0 Å². The second-order valence-electron chi connectivity index (χ2n) is 5.16. The smallest absolute Gasteiger partial charge is 0.215 e. The Morgan fingerprint density at radius 3 is 2.85 bits per heavy atom. The van der Waals surface area contributed by atoms with Crippen LogP contribution in [0.4, 0.5) is 5.95 Å². The quantitative estimate of drug-likeness (QED) is 0.942. The summed E-state index contributed by atoms with van der Waals surface area (Å²) < 4.78 is 7.34. The van der Waals surface area contributed by atoms with Gasteiger partial charge >= 0.3 is 0 Å². The van der Waals surface area contributed by atoms with Crippen LogP contribution in [0.3, 0.4) is 0 Å². The Balaban J connectivity index is 2.11. The third kappa shape index (κ3) is 2.22. The molecule has 0 amide bonds. The summed E-state index contributed by atoms with van der Waals surface area (Å²) in [4.78, 5) is 8.99. The number of anilines is 1. The van der Waals surface area contributed by atoms with Gasteiger partial charge in [-0.3, -0.25) is 4.57 Å². The molecule has 1 fully saturated rings. The number of nitrogens with zero attached hydrogens (tertiary/aromatic N) is 3. The first-order chi connectivity index (χ1) is 9.74. The van der Waals surface area contributed by atoms with Crippen LogP contribution in [0, 0.1) is 0 Å². The van der Waals surface area contributed by atoms with Crippen molar-refractivity contribution in [2.24, 2.45) is 0 Å². The second-order valence-corrected chi connectivity index (χ2v) is 6.24. The van der Waals surface area contributed by atoms with Gasteiger partial charge < -0.3 is 10.5 Å². The number of rotatable bonds is 3. The number of thioether (sulfide) groups is 1. The van der Waals surface area contributed by atoms with Crippen LogP contribution in [0.2, 0.25) is 0 Å². The van der Waals surface area contributed by atoms with Gasteiger partial charge in [0.2, 0.25) is 11.8 Å². The minimum Gasteiger partial charge on any atom is -0.481 e. The predicted molar refractivity (Wildman–Crippen MR) is 83.3 cm³/mol. The largest absolute Gasteiger partial charge is 0.481 e. The Labute approximate surface area is 122 Å². The number of nitrogen functional groups attached to an aromatic ring is 1. The standard InChI is InChI=1S/C14H20N4OS/c1-19-12-8-7-9-13(17-12)18(14(15)16-9)10-5-3-4-6-11(10)20-2/h7-8,10-11H,3-6H2,1-2H3,(H2,15,16). The summed E-state index contributed by atoms with van der Waals surface area (Å²) in [5.74, 6) is 1.17. The second kappa shape index (κ2) is 5.52. The molecule has 3 rings (SSSR count). The van der Waals surface area contributed by atoms with Crippen LogP contribution in [-0.4, -0.2) is 33.2 Å². The average Bonchev–Trinajstić information content (AvgIpc) is 2.81. The molecule has 6 heteroatoms. The Morgan fingerprint density at radius 1 is 1.30 bits per heavy atom. The van der Waals surface area contributed by atoms with E-state index in [2.05, 4.69) is 20.8 Å². The maximum Gasteiger partial charge on any atom is 0.215 e. The summed E-state index contributed by atoms with van der Waals surface area (Å²) in [5.41, 5.74) is 7.84. The molecule has 0 radical (unpaired) electrons. The van der Waals surface area contributed by atoms with E-state index in [1.165, 1.54) is 19.3 Å². The van der Waals surface area contributed by atoms with E-state index in [4.69, 9.17) is 10.5 Å². The summed E-state index contributed by atoms with van der Waals surface area (Å²) in [6.45, 7) is 0. The molecule has 108 valence electrons. The molecule has 2 unspecified atom stereocenters. The van der Waals surface area contributed by atoms with E-state index in [0.717, 1.165) is 17.6 Å². The van der Waals surface area contributed by atoms with Crippen LogP contribution in [0.15, 0.2) is 12.1 Å². The summed E-state index contributed by atoms with van der Waals surface area (Å²) >= 11 is 1.92. The summed E-state index contributed by atoms with van der Waals surface area (Å²) in [6.07, 6.45) is 7.08. The molecule has 2 atom stereocenters. The number of methoxy groups -OCH3 is 1. The van der Waals surface area contributed by atoms with Gasteiger partial charge in [0.05, 0.1) is 13.2 Å². The highest BCUT2D eigenvalue weighted by atomic mass is 32.2. The van der Waals surface area contributed by atoms with Crippen molar-refractivity contribution in [3.05, 3.63) is 12.1 Å². The number of pyridine rings is 1. The zero-order valence-corrected chi connectivity index (χ0v) is 12.7. The molecule has 1 saturated carbocycles. The van der Waals surface area contributed by atoms with Crippen LogP contribution >= 0.6 is 11.8 Å². The number of ether oxygens (including phenoxy) is 1. The summed E-state index contributed by atoms with van der Waals surface area (Å²) in [5, 5.41) is 0.580. The number of hydrogen-bond acceptors (Lipinski definition) is 5. The van der Waals surface area contributed by atoms with Crippen molar-refractivity contribution in [3.8, 4) is 5.88 Å². The van der Waals surface area contributed by atoms with Crippen LogP contribution in [0.5, 0.6) is 5.88 Å². The molecule has 0 aliphatic heterocycles. The van der Waals surface area contributed by atoms with Crippen molar-refractivity contribution in [2.75, 3.05) is 19.1 Å². The van der Waals surface area contributed by atoms with E-state index in [1.54, 1.807) is 7.11 Å². The van der Waals surface area contributed by atoms with Gasteiger partial charge in [-0.05, 0) is 25.2 Å². The van der Waals surface area contributed by atoms with Crippen molar-refractivity contribution in [1.29, 1.82) is 0 Å². The SMILES string of the molecule is COc1ccc2nc(N)n(C3CCCCC3SC)c2n1. The first kappa shape index (κ1) is 13.5. The Kier molecular flexibility index (Phi) is 3.74. The molecule has 2 aromatic heterocycles. The van der Waals surface area contributed by atoms with Gasteiger partial charge in [-0.1, -0.05) is 12.8 Å². The normalized spacial score (nSPS) is 23.1. The first-order valence-electron chi connectivity index (χ1n) is 6.96. The molecule has 2 heterocycles. The third-order valence-electron chi connectivity index (χ3n) is 4.05. The van der Waals surface area contributed by atoms with E-state index in [-0.39, 0.29) is 0 Å². The molecular formula is C14H20N4OS. The number of fused-ring (bicyclic) bond motifs is 1. The summed E-state index contributed by atoms with van der Waals surface area (Å²) in [6, 6.07) is 4.13. The van der Waals surface area contributed by atoms with Gasteiger partial charge in [0.15, 0.2) is 5.65 Å².